The number of piperidine rings is 1. The van der Waals surface area contributed by atoms with Gasteiger partial charge in [0, 0.05) is 19.3 Å². The van der Waals surface area contributed by atoms with E-state index >= 15 is 0 Å². The lowest BCUT2D eigenvalue weighted by Crippen LogP contribution is -2.35. The first kappa shape index (κ1) is 19.3. The van der Waals surface area contributed by atoms with Gasteiger partial charge in [-0.25, -0.2) is 8.42 Å². The summed E-state index contributed by atoms with van der Waals surface area (Å²) in [5, 5.41) is 0. The van der Waals surface area contributed by atoms with Crippen molar-refractivity contribution in [1.29, 1.82) is 0 Å². The molecule has 0 atom stereocenters. The molecule has 1 N–H and O–H groups in total. The van der Waals surface area contributed by atoms with E-state index in [0.717, 1.165) is 19.3 Å². The summed E-state index contributed by atoms with van der Waals surface area (Å²) in [4.78, 5) is 26.7. The predicted molar refractivity (Wildman–Crippen MR) is 98.8 cm³/mol. The summed E-state index contributed by atoms with van der Waals surface area (Å²) >= 11 is 0. The third-order valence-corrected chi connectivity index (χ3v) is 6.40. The van der Waals surface area contributed by atoms with E-state index in [0.29, 0.717) is 24.3 Å². The second-order valence-electron chi connectivity index (χ2n) is 6.45. The Bertz CT molecular complexity index is 883. The molecule has 2 aromatic rings. The summed E-state index contributed by atoms with van der Waals surface area (Å²) in [7, 11) is -3.48. The molecule has 144 valence electrons. The number of carbonyl (C=O) groups is 2. The van der Waals surface area contributed by atoms with Crippen LogP contribution in [0.1, 0.15) is 35.3 Å². The van der Waals surface area contributed by atoms with E-state index in [4.69, 9.17) is 4.74 Å². The number of aromatic amines is 1. The second kappa shape index (κ2) is 8.49. The van der Waals surface area contributed by atoms with E-state index < -0.39 is 16.0 Å². The Morgan fingerprint density at radius 2 is 1.74 bits per heavy atom. The van der Waals surface area contributed by atoms with Gasteiger partial charge in [0.05, 0.1) is 17.0 Å². The predicted octanol–water partition coefficient (Wildman–Crippen LogP) is 2.16. The van der Waals surface area contributed by atoms with Gasteiger partial charge in [0.2, 0.25) is 15.8 Å². The number of Topliss-reactive ketones (excluding diaryl/α,β-unsaturated/α-hetero) is 1. The highest BCUT2D eigenvalue weighted by atomic mass is 32.2. The minimum Gasteiger partial charge on any atom is -0.457 e. The summed E-state index contributed by atoms with van der Waals surface area (Å²) in [5.74, 6) is -0.849. The van der Waals surface area contributed by atoms with Crippen LogP contribution in [0.3, 0.4) is 0 Å². The Morgan fingerprint density at radius 3 is 2.37 bits per heavy atom. The molecule has 0 bridgehead atoms. The van der Waals surface area contributed by atoms with Crippen LogP contribution in [0.2, 0.25) is 0 Å². The highest BCUT2D eigenvalue weighted by Gasteiger charge is 2.25. The average Bonchev–Trinajstić information content (AvgIpc) is 3.22. The number of benzene rings is 1. The summed E-state index contributed by atoms with van der Waals surface area (Å²) in [6, 6.07) is 9.52. The summed E-state index contributed by atoms with van der Waals surface area (Å²) in [6.45, 7) is 0.761. The standard InChI is InChI=1S/C19H22N2O5S/c22-18(17-5-4-10-20-17)14-26-19(23)13-15-6-8-16(9-7-15)27(24,25)21-11-2-1-3-12-21/h4-10,20H,1-3,11-14H2. The van der Waals surface area contributed by atoms with Crippen molar-refractivity contribution in [3.63, 3.8) is 0 Å². The van der Waals surface area contributed by atoms with Crippen LogP contribution in [0, 0.1) is 0 Å². The highest BCUT2D eigenvalue weighted by molar-refractivity contribution is 7.89. The lowest BCUT2D eigenvalue weighted by atomic mass is 10.1. The van der Waals surface area contributed by atoms with Gasteiger partial charge in [-0.2, -0.15) is 4.31 Å². The number of aromatic nitrogens is 1. The molecule has 7 nitrogen and oxygen atoms in total. The van der Waals surface area contributed by atoms with Gasteiger partial charge in [0.15, 0.2) is 6.61 Å². The maximum absolute atomic E-state index is 12.6. The fourth-order valence-electron chi connectivity index (χ4n) is 2.98. The van der Waals surface area contributed by atoms with E-state index in [1.807, 2.05) is 0 Å². The van der Waals surface area contributed by atoms with Crippen LogP contribution < -0.4 is 0 Å². The molecule has 1 saturated heterocycles. The molecule has 0 aliphatic carbocycles. The third kappa shape index (κ3) is 4.84. The molecule has 0 spiro atoms. The molecular weight excluding hydrogens is 368 g/mol. The van der Waals surface area contributed by atoms with Crippen molar-refractivity contribution in [3.05, 3.63) is 53.9 Å². The van der Waals surface area contributed by atoms with Gasteiger partial charge in [0.25, 0.3) is 0 Å². The topological polar surface area (TPSA) is 96.5 Å². The van der Waals surface area contributed by atoms with Crippen LogP contribution in [0.4, 0.5) is 0 Å². The summed E-state index contributed by atoms with van der Waals surface area (Å²) in [5.41, 5.74) is 1.01. The molecule has 3 rings (SSSR count). The first-order valence-electron chi connectivity index (χ1n) is 8.88. The van der Waals surface area contributed by atoms with E-state index in [9.17, 15) is 18.0 Å². The number of esters is 1. The second-order valence-corrected chi connectivity index (χ2v) is 8.39. The van der Waals surface area contributed by atoms with E-state index in [-0.39, 0.29) is 23.7 Å². The highest BCUT2D eigenvalue weighted by Crippen LogP contribution is 2.21. The third-order valence-electron chi connectivity index (χ3n) is 4.49. The Hall–Kier alpha value is -2.45. The van der Waals surface area contributed by atoms with Crippen molar-refractivity contribution in [3.8, 4) is 0 Å². The molecule has 27 heavy (non-hydrogen) atoms. The first-order chi connectivity index (χ1) is 13.0. The number of sulfonamides is 1. The van der Waals surface area contributed by atoms with Crippen LogP contribution >= 0.6 is 0 Å². The quantitative estimate of drug-likeness (QED) is 0.577. The monoisotopic (exact) mass is 390 g/mol. The Kier molecular flexibility index (Phi) is 6.08. The molecule has 0 amide bonds. The molecular formula is C19H22N2O5S. The minimum absolute atomic E-state index is 0.0257. The minimum atomic E-state index is -3.48. The lowest BCUT2D eigenvalue weighted by Gasteiger charge is -2.25. The van der Waals surface area contributed by atoms with Gasteiger partial charge in [-0.3, -0.25) is 9.59 Å². The van der Waals surface area contributed by atoms with E-state index in [1.54, 1.807) is 30.5 Å². The van der Waals surface area contributed by atoms with Gasteiger partial charge in [-0.15, -0.1) is 0 Å². The first-order valence-corrected chi connectivity index (χ1v) is 10.3. The Balaban J connectivity index is 1.55. The summed E-state index contributed by atoms with van der Waals surface area (Å²) < 4.78 is 31.7. The molecule has 2 heterocycles. The Labute approximate surface area is 158 Å². The van der Waals surface area contributed by atoms with Crippen molar-refractivity contribution in [1.82, 2.24) is 9.29 Å². The van der Waals surface area contributed by atoms with Crippen molar-refractivity contribution in [2.24, 2.45) is 0 Å². The number of nitrogens with one attached hydrogen (secondary N) is 1. The number of carbonyl (C=O) groups excluding carboxylic acids is 2. The molecule has 1 aliphatic rings. The molecule has 0 saturated carbocycles. The van der Waals surface area contributed by atoms with E-state index in [2.05, 4.69) is 4.98 Å². The SMILES string of the molecule is O=C(Cc1ccc(S(=O)(=O)N2CCCCC2)cc1)OCC(=O)c1ccc[nH]1. The molecule has 1 aromatic heterocycles. The molecule has 1 aliphatic heterocycles. The maximum Gasteiger partial charge on any atom is 0.310 e. The normalized spacial score (nSPS) is 15.4. The lowest BCUT2D eigenvalue weighted by molar-refractivity contribution is -0.141. The number of hydrogen-bond donors (Lipinski definition) is 1. The number of hydrogen-bond acceptors (Lipinski definition) is 5. The zero-order chi connectivity index (χ0) is 19.3. The van der Waals surface area contributed by atoms with Crippen molar-refractivity contribution >= 4 is 21.8 Å². The fourth-order valence-corrected chi connectivity index (χ4v) is 4.50. The van der Waals surface area contributed by atoms with Gasteiger partial charge in [-0.1, -0.05) is 18.6 Å². The van der Waals surface area contributed by atoms with Gasteiger partial charge in [-0.05, 0) is 42.7 Å². The average molecular weight is 390 g/mol. The van der Waals surface area contributed by atoms with Gasteiger partial charge < -0.3 is 9.72 Å². The molecule has 8 heteroatoms. The largest absolute Gasteiger partial charge is 0.457 e. The number of H-pyrrole nitrogens is 1. The molecule has 0 unspecified atom stereocenters. The summed E-state index contributed by atoms with van der Waals surface area (Å²) in [6.07, 6.45) is 4.41. The van der Waals surface area contributed by atoms with Gasteiger partial charge >= 0.3 is 5.97 Å². The number of rotatable bonds is 7. The maximum atomic E-state index is 12.6. The van der Waals surface area contributed by atoms with Crippen molar-refractivity contribution in [2.45, 2.75) is 30.6 Å². The van der Waals surface area contributed by atoms with Crippen LogP contribution in [0.25, 0.3) is 0 Å². The Morgan fingerprint density at radius 1 is 1.04 bits per heavy atom. The van der Waals surface area contributed by atoms with Crippen LogP contribution in [0.15, 0.2) is 47.5 Å². The molecule has 1 fully saturated rings. The number of nitrogens with zero attached hydrogens (tertiary/aromatic N) is 1. The van der Waals surface area contributed by atoms with Crippen molar-refractivity contribution in [2.75, 3.05) is 19.7 Å². The van der Waals surface area contributed by atoms with Crippen LogP contribution in [-0.2, 0) is 26.0 Å². The number of ether oxygens (including phenoxy) is 1. The van der Waals surface area contributed by atoms with Crippen LogP contribution in [0.5, 0.6) is 0 Å². The van der Waals surface area contributed by atoms with E-state index in [1.165, 1.54) is 16.4 Å². The fraction of sp³-hybridized carbons (Fsp3) is 0.368. The zero-order valence-electron chi connectivity index (χ0n) is 14.9. The number of ketones is 1. The van der Waals surface area contributed by atoms with Gasteiger partial charge in [0.1, 0.15) is 0 Å². The molecule has 1 aromatic carbocycles. The molecule has 0 radical (unpaired) electrons. The van der Waals surface area contributed by atoms with Crippen LogP contribution in [-0.4, -0.2) is 49.2 Å². The van der Waals surface area contributed by atoms with Crippen molar-refractivity contribution < 1.29 is 22.7 Å². The smallest absolute Gasteiger partial charge is 0.310 e. The zero-order valence-corrected chi connectivity index (χ0v) is 15.7.